The van der Waals surface area contributed by atoms with E-state index in [9.17, 15) is 4.79 Å². The van der Waals surface area contributed by atoms with Gasteiger partial charge in [0.1, 0.15) is 6.33 Å². The van der Waals surface area contributed by atoms with Crippen LogP contribution < -0.4 is 10.6 Å². The first kappa shape index (κ1) is 17.9. The van der Waals surface area contributed by atoms with Gasteiger partial charge in [0.15, 0.2) is 11.8 Å². The van der Waals surface area contributed by atoms with E-state index >= 15 is 0 Å². The van der Waals surface area contributed by atoms with E-state index in [2.05, 4.69) is 25.8 Å². The summed E-state index contributed by atoms with van der Waals surface area (Å²) >= 11 is 0. The molecular formula is C18H25N7O. The van der Waals surface area contributed by atoms with Crippen molar-refractivity contribution in [3.05, 3.63) is 42.5 Å². The maximum atomic E-state index is 11.4. The molecule has 8 heteroatoms. The van der Waals surface area contributed by atoms with Crippen LogP contribution in [0.3, 0.4) is 0 Å². The Kier molecular flexibility index (Phi) is 5.83. The van der Waals surface area contributed by atoms with Gasteiger partial charge in [-0.25, -0.2) is 0 Å². The maximum absolute atomic E-state index is 11.4. The lowest BCUT2D eigenvalue weighted by Gasteiger charge is -2.32. The SMILES string of the molecule is CN=C(NCc1nncn1-c1ccccc1)NC1CCN(C(C)=O)CC1. The van der Waals surface area contributed by atoms with E-state index in [1.54, 1.807) is 20.3 Å². The number of hydrogen-bond donors (Lipinski definition) is 2. The summed E-state index contributed by atoms with van der Waals surface area (Å²) in [7, 11) is 1.75. The van der Waals surface area contributed by atoms with Crippen molar-refractivity contribution < 1.29 is 4.79 Å². The zero-order chi connectivity index (χ0) is 18.4. The smallest absolute Gasteiger partial charge is 0.219 e. The molecule has 1 aliphatic heterocycles. The molecular weight excluding hydrogens is 330 g/mol. The number of guanidine groups is 1. The molecule has 1 fully saturated rings. The Morgan fingerprint density at radius 1 is 1.27 bits per heavy atom. The number of rotatable bonds is 4. The van der Waals surface area contributed by atoms with Crippen LogP contribution in [0.1, 0.15) is 25.6 Å². The molecule has 0 spiro atoms. The summed E-state index contributed by atoms with van der Waals surface area (Å²) in [4.78, 5) is 17.6. The number of nitrogens with one attached hydrogen (secondary N) is 2. The molecule has 0 bridgehead atoms. The summed E-state index contributed by atoms with van der Waals surface area (Å²) in [5, 5.41) is 14.9. The first-order valence-corrected chi connectivity index (χ1v) is 8.84. The van der Waals surface area contributed by atoms with Gasteiger partial charge in [-0.1, -0.05) is 18.2 Å². The van der Waals surface area contributed by atoms with Gasteiger partial charge in [-0.2, -0.15) is 0 Å². The Morgan fingerprint density at radius 2 is 2.00 bits per heavy atom. The molecule has 0 saturated carbocycles. The van der Waals surface area contributed by atoms with Crippen molar-refractivity contribution in [2.45, 2.75) is 32.4 Å². The molecule has 8 nitrogen and oxygen atoms in total. The first-order valence-electron chi connectivity index (χ1n) is 8.84. The van der Waals surface area contributed by atoms with Gasteiger partial charge in [-0.05, 0) is 25.0 Å². The van der Waals surface area contributed by atoms with E-state index in [1.165, 1.54) is 0 Å². The van der Waals surface area contributed by atoms with Crippen molar-refractivity contribution in [2.24, 2.45) is 4.99 Å². The number of likely N-dealkylation sites (tertiary alicyclic amines) is 1. The molecule has 3 rings (SSSR count). The number of para-hydroxylation sites is 1. The van der Waals surface area contributed by atoms with Crippen molar-refractivity contribution in [1.29, 1.82) is 0 Å². The highest BCUT2D eigenvalue weighted by Crippen LogP contribution is 2.11. The van der Waals surface area contributed by atoms with E-state index in [4.69, 9.17) is 0 Å². The normalized spacial score (nSPS) is 15.8. The third kappa shape index (κ3) is 4.38. The Balaban J connectivity index is 1.54. The minimum atomic E-state index is 0.145. The number of piperidine rings is 1. The van der Waals surface area contributed by atoms with Crippen LogP contribution in [0.2, 0.25) is 0 Å². The third-order valence-corrected chi connectivity index (χ3v) is 4.57. The quantitative estimate of drug-likeness (QED) is 0.630. The van der Waals surface area contributed by atoms with Gasteiger partial charge in [0.2, 0.25) is 5.91 Å². The van der Waals surface area contributed by atoms with E-state index in [0.717, 1.165) is 43.4 Å². The van der Waals surface area contributed by atoms with Gasteiger partial charge < -0.3 is 15.5 Å². The van der Waals surface area contributed by atoms with Crippen molar-refractivity contribution in [3.63, 3.8) is 0 Å². The molecule has 1 aromatic heterocycles. The number of hydrogen-bond acceptors (Lipinski definition) is 4. The molecule has 1 amide bonds. The van der Waals surface area contributed by atoms with Gasteiger partial charge in [0.25, 0.3) is 0 Å². The molecule has 0 radical (unpaired) electrons. The first-order chi connectivity index (χ1) is 12.7. The largest absolute Gasteiger partial charge is 0.354 e. The predicted octanol–water partition coefficient (Wildman–Crippen LogP) is 0.943. The predicted molar refractivity (Wildman–Crippen MR) is 100.0 cm³/mol. The molecule has 1 saturated heterocycles. The highest BCUT2D eigenvalue weighted by Gasteiger charge is 2.21. The molecule has 2 N–H and O–H groups in total. The standard InChI is InChI=1S/C18H25N7O/c1-14(26)24-10-8-15(9-11-24)22-18(19-2)20-12-17-23-21-13-25(17)16-6-4-3-5-7-16/h3-7,13,15H,8-12H2,1-2H3,(H2,19,20,22). The van der Waals surface area contributed by atoms with Crippen molar-refractivity contribution in [1.82, 2.24) is 30.3 Å². The van der Waals surface area contributed by atoms with Crippen molar-refractivity contribution >= 4 is 11.9 Å². The monoisotopic (exact) mass is 355 g/mol. The minimum Gasteiger partial charge on any atom is -0.354 e. The second-order valence-electron chi connectivity index (χ2n) is 6.30. The van der Waals surface area contributed by atoms with Crippen LogP contribution in [0, 0.1) is 0 Å². The van der Waals surface area contributed by atoms with Gasteiger partial charge in [0, 0.05) is 38.8 Å². The minimum absolute atomic E-state index is 0.145. The fourth-order valence-corrected chi connectivity index (χ4v) is 3.07. The van der Waals surface area contributed by atoms with Crippen LogP contribution in [-0.2, 0) is 11.3 Å². The zero-order valence-electron chi connectivity index (χ0n) is 15.2. The fraction of sp³-hybridized carbons (Fsp3) is 0.444. The van der Waals surface area contributed by atoms with E-state index in [-0.39, 0.29) is 5.91 Å². The fourth-order valence-electron chi connectivity index (χ4n) is 3.07. The maximum Gasteiger partial charge on any atom is 0.219 e. The van der Waals surface area contributed by atoms with Gasteiger partial charge in [0.05, 0.1) is 6.54 Å². The number of aliphatic imine (C=N–C) groups is 1. The van der Waals surface area contributed by atoms with E-state index in [0.29, 0.717) is 12.6 Å². The molecule has 0 atom stereocenters. The van der Waals surface area contributed by atoms with E-state index < -0.39 is 0 Å². The molecule has 2 aromatic rings. The highest BCUT2D eigenvalue weighted by atomic mass is 16.2. The molecule has 1 aliphatic rings. The Labute approximate surface area is 153 Å². The lowest BCUT2D eigenvalue weighted by molar-refractivity contribution is -0.129. The molecule has 0 aliphatic carbocycles. The Morgan fingerprint density at radius 3 is 2.65 bits per heavy atom. The number of nitrogens with zero attached hydrogens (tertiary/aromatic N) is 5. The molecule has 2 heterocycles. The third-order valence-electron chi connectivity index (χ3n) is 4.57. The molecule has 1 aromatic carbocycles. The van der Waals surface area contributed by atoms with E-state index in [1.807, 2.05) is 39.8 Å². The van der Waals surface area contributed by atoms with Crippen LogP contribution in [0.4, 0.5) is 0 Å². The summed E-state index contributed by atoms with van der Waals surface area (Å²) < 4.78 is 1.95. The summed E-state index contributed by atoms with van der Waals surface area (Å²) in [5.41, 5.74) is 1.02. The Hall–Kier alpha value is -2.90. The highest BCUT2D eigenvalue weighted by molar-refractivity contribution is 5.80. The lowest BCUT2D eigenvalue weighted by Crippen LogP contribution is -2.49. The van der Waals surface area contributed by atoms with Gasteiger partial charge in [-0.15, -0.1) is 10.2 Å². The molecule has 138 valence electrons. The zero-order valence-corrected chi connectivity index (χ0v) is 15.2. The second-order valence-corrected chi connectivity index (χ2v) is 6.30. The van der Waals surface area contributed by atoms with Crippen LogP contribution >= 0.6 is 0 Å². The van der Waals surface area contributed by atoms with Crippen LogP contribution in [0.25, 0.3) is 5.69 Å². The number of carbonyl (C=O) groups excluding carboxylic acids is 1. The second kappa shape index (κ2) is 8.46. The number of benzene rings is 1. The summed E-state index contributed by atoms with van der Waals surface area (Å²) in [6.07, 6.45) is 3.54. The average Bonchev–Trinajstić information content (AvgIpc) is 3.14. The topological polar surface area (TPSA) is 87.4 Å². The summed E-state index contributed by atoms with van der Waals surface area (Å²) in [6.45, 7) is 3.70. The Bertz CT molecular complexity index is 748. The number of aromatic nitrogens is 3. The van der Waals surface area contributed by atoms with Gasteiger partial charge in [-0.3, -0.25) is 14.4 Å². The van der Waals surface area contributed by atoms with Crippen molar-refractivity contribution in [2.75, 3.05) is 20.1 Å². The van der Waals surface area contributed by atoms with Gasteiger partial charge >= 0.3 is 0 Å². The summed E-state index contributed by atoms with van der Waals surface area (Å²) in [5.74, 6) is 1.69. The average molecular weight is 355 g/mol. The van der Waals surface area contributed by atoms with Crippen molar-refractivity contribution in [3.8, 4) is 5.69 Å². The van der Waals surface area contributed by atoms with Crippen LogP contribution in [0.5, 0.6) is 0 Å². The van der Waals surface area contributed by atoms with Crippen LogP contribution in [0.15, 0.2) is 41.7 Å². The lowest BCUT2D eigenvalue weighted by atomic mass is 10.1. The number of amides is 1. The molecule has 26 heavy (non-hydrogen) atoms. The van der Waals surface area contributed by atoms with Crippen LogP contribution in [-0.4, -0.2) is 57.7 Å². The molecule has 0 unspecified atom stereocenters. The summed E-state index contributed by atoms with van der Waals surface area (Å²) in [6, 6.07) is 10.3. The number of carbonyl (C=O) groups is 1.